The Kier molecular flexibility index (Phi) is 2.06. The van der Waals surface area contributed by atoms with Crippen molar-refractivity contribution in [2.24, 2.45) is 5.92 Å². The highest BCUT2D eigenvalue weighted by molar-refractivity contribution is 5.03. The average molecular weight is 124 g/mol. The van der Waals surface area contributed by atoms with Crippen molar-refractivity contribution in [1.29, 1.82) is 0 Å². The van der Waals surface area contributed by atoms with Gasteiger partial charge in [-0.25, -0.2) is 0 Å². The first-order valence-corrected chi connectivity index (χ1v) is 3.30. The van der Waals surface area contributed by atoms with Crippen molar-refractivity contribution in [2.45, 2.75) is 18.9 Å². The summed E-state index contributed by atoms with van der Waals surface area (Å²) in [5.74, 6) is 0.539. The molecule has 1 nitrogen and oxygen atoms in total. The molecule has 50 valence electrons. The number of aliphatic hydroxyl groups excluding tert-OH is 1. The molecule has 0 radical (unpaired) electrons. The summed E-state index contributed by atoms with van der Waals surface area (Å²) in [7, 11) is 0. The minimum Gasteiger partial charge on any atom is -0.389 e. The molecule has 0 fully saturated rings. The maximum absolute atomic E-state index is 9.01. The molecule has 1 rings (SSSR count). The maximum Gasteiger partial charge on any atom is 0.0726 e. The van der Waals surface area contributed by atoms with Crippen molar-refractivity contribution >= 4 is 0 Å². The van der Waals surface area contributed by atoms with Gasteiger partial charge in [0.05, 0.1) is 6.10 Å². The molecule has 9 heavy (non-hydrogen) atoms. The third-order valence-corrected chi connectivity index (χ3v) is 1.62. The molecule has 0 aromatic carbocycles. The Hall–Kier alpha value is -0.560. The summed E-state index contributed by atoms with van der Waals surface area (Å²) < 4.78 is 0. The number of aliphatic hydroxyl groups is 1. The molecule has 2 atom stereocenters. The summed E-state index contributed by atoms with van der Waals surface area (Å²) in [6.45, 7) is 3.63. The zero-order valence-corrected chi connectivity index (χ0v) is 5.46. The lowest BCUT2D eigenvalue weighted by atomic mass is 10.1. The fourth-order valence-corrected chi connectivity index (χ4v) is 1.14. The van der Waals surface area contributed by atoms with Gasteiger partial charge in [-0.1, -0.05) is 18.2 Å². The zero-order valence-electron chi connectivity index (χ0n) is 5.46. The van der Waals surface area contributed by atoms with Gasteiger partial charge >= 0.3 is 0 Å². The molecule has 0 saturated heterocycles. The molecule has 0 bridgehead atoms. The Morgan fingerprint density at radius 2 is 2.44 bits per heavy atom. The van der Waals surface area contributed by atoms with Crippen molar-refractivity contribution < 1.29 is 5.11 Å². The van der Waals surface area contributed by atoms with Gasteiger partial charge in [0.1, 0.15) is 0 Å². The van der Waals surface area contributed by atoms with Gasteiger partial charge in [0.15, 0.2) is 0 Å². The van der Waals surface area contributed by atoms with E-state index in [1.54, 1.807) is 0 Å². The van der Waals surface area contributed by atoms with Crippen LogP contribution in [0.1, 0.15) is 12.8 Å². The van der Waals surface area contributed by atoms with Gasteiger partial charge in [0.2, 0.25) is 0 Å². The van der Waals surface area contributed by atoms with Crippen LogP contribution in [0.2, 0.25) is 0 Å². The topological polar surface area (TPSA) is 20.2 Å². The molecular formula is C8H12O. The van der Waals surface area contributed by atoms with E-state index in [0.29, 0.717) is 5.92 Å². The molecule has 0 aromatic rings. The standard InChI is InChI=1S/C8H12O/c1-2-3-7-4-5-8(9)6-7/h2,4-5,7-9H,1,3,6H2/t7-,8-/m1/s1. The van der Waals surface area contributed by atoms with Gasteiger partial charge in [-0.3, -0.25) is 0 Å². The van der Waals surface area contributed by atoms with Crippen LogP contribution in [0.3, 0.4) is 0 Å². The maximum atomic E-state index is 9.01. The molecule has 1 aliphatic rings. The monoisotopic (exact) mass is 124 g/mol. The van der Waals surface area contributed by atoms with Crippen LogP contribution in [0.4, 0.5) is 0 Å². The smallest absolute Gasteiger partial charge is 0.0726 e. The van der Waals surface area contributed by atoms with Crippen LogP contribution < -0.4 is 0 Å². The summed E-state index contributed by atoms with van der Waals surface area (Å²) in [6, 6.07) is 0. The third-order valence-electron chi connectivity index (χ3n) is 1.62. The normalized spacial score (nSPS) is 33.0. The predicted molar refractivity (Wildman–Crippen MR) is 38.1 cm³/mol. The number of hydrogen-bond donors (Lipinski definition) is 1. The summed E-state index contributed by atoms with van der Waals surface area (Å²) >= 11 is 0. The summed E-state index contributed by atoms with van der Waals surface area (Å²) in [6.07, 6.45) is 7.49. The molecule has 1 N–H and O–H groups in total. The van der Waals surface area contributed by atoms with E-state index >= 15 is 0 Å². The largest absolute Gasteiger partial charge is 0.389 e. The van der Waals surface area contributed by atoms with E-state index < -0.39 is 0 Å². The van der Waals surface area contributed by atoms with Gasteiger partial charge in [0, 0.05) is 0 Å². The highest BCUT2D eigenvalue weighted by Gasteiger charge is 2.13. The first-order chi connectivity index (χ1) is 4.33. The first kappa shape index (κ1) is 6.56. The minimum absolute atomic E-state index is 0.199. The van der Waals surface area contributed by atoms with Gasteiger partial charge in [-0.15, -0.1) is 6.58 Å². The number of hydrogen-bond acceptors (Lipinski definition) is 1. The van der Waals surface area contributed by atoms with Gasteiger partial charge in [-0.2, -0.15) is 0 Å². The van der Waals surface area contributed by atoms with Gasteiger partial charge in [-0.05, 0) is 18.8 Å². The van der Waals surface area contributed by atoms with Crippen LogP contribution in [-0.2, 0) is 0 Å². The number of allylic oxidation sites excluding steroid dienone is 2. The lowest BCUT2D eigenvalue weighted by Gasteiger charge is -2.02. The Morgan fingerprint density at radius 3 is 2.89 bits per heavy atom. The van der Waals surface area contributed by atoms with Crippen LogP contribution in [0.25, 0.3) is 0 Å². The Bertz CT molecular complexity index is 127. The first-order valence-electron chi connectivity index (χ1n) is 3.30. The molecule has 0 saturated carbocycles. The Morgan fingerprint density at radius 1 is 1.67 bits per heavy atom. The van der Waals surface area contributed by atoms with Crippen LogP contribution in [-0.4, -0.2) is 11.2 Å². The molecule has 0 aliphatic heterocycles. The molecule has 1 aliphatic carbocycles. The molecule has 0 aromatic heterocycles. The van der Waals surface area contributed by atoms with E-state index in [1.165, 1.54) is 0 Å². The lowest BCUT2D eigenvalue weighted by Crippen LogP contribution is -2.00. The van der Waals surface area contributed by atoms with E-state index in [2.05, 4.69) is 12.7 Å². The molecule has 1 heteroatoms. The van der Waals surface area contributed by atoms with Crippen molar-refractivity contribution in [2.75, 3.05) is 0 Å². The van der Waals surface area contributed by atoms with Crippen LogP contribution in [0.5, 0.6) is 0 Å². The average Bonchev–Trinajstić information content (AvgIpc) is 2.17. The zero-order chi connectivity index (χ0) is 6.69. The second-order valence-corrected chi connectivity index (χ2v) is 2.47. The van der Waals surface area contributed by atoms with Crippen LogP contribution in [0, 0.1) is 5.92 Å². The van der Waals surface area contributed by atoms with E-state index in [1.807, 2.05) is 12.2 Å². The van der Waals surface area contributed by atoms with Crippen molar-refractivity contribution in [3.05, 3.63) is 24.8 Å². The van der Waals surface area contributed by atoms with Gasteiger partial charge < -0.3 is 5.11 Å². The van der Waals surface area contributed by atoms with Crippen LogP contribution >= 0.6 is 0 Å². The summed E-state index contributed by atoms with van der Waals surface area (Å²) in [5.41, 5.74) is 0. The highest BCUT2D eigenvalue weighted by atomic mass is 16.3. The van der Waals surface area contributed by atoms with Crippen molar-refractivity contribution in [1.82, 2.24) is 0 Å². The lowest BCUT2D eigenvalue weighted by molar-refractivity contribution is 0.210. The summed E-state index contributed by atoms with van der Waals surface area (Å²) in [4.78, 5) is 0. The molecular weight excluding hydrogens is 112 g/mol. The molecule has 0 amide bonds. The van der Waals surface area contributed by atoms with Gasteiger partial charge in [0.25, 0.3) is 0 Å². The van der Waals surface area contributed by atoms with E-state index in [-0.39, 0.29) is 6.10 Å². The molecule has 0 unspecified atom stereocenters. The second kappa shape index (κ2) is 2.83. The van der Waals surface area contributed by atoms with E-state index in [0.717, 1.165) is 12.8 Å². The van der Waals surface area contributed by atoms with Crippen molar-refractivity contribution in [3.8, 4) is 0 Å². The SMILES string of the molecule is C=CC[C@@H]1C=C[C@@H](O)C1. The Labute approximate surface area is 55.7 Å². The fraction of sp³-hybridized carbons (Fsp3) is 0.500. The molecule has 0 heterocycles. The quantitative estimate of drug-likeness (QED) is 0.553. The Balaban J connectivity index is 2.31. The summed E-state index contributed by atoms with van der Waals surface area (Å²) in [5, 5.41) is 9.01. The predicted octanol–water partition coefficient (Wildman–Crippen LogP) is 1.50. The van der Waals surface area contributed by atoms with Crippen LogP contribution in [0.15, 0.2) is 24.8 Å². The highest BCUT2D eigenvalue weighted by Crippen LogP contribution is 2.20. The second-order valence-electron chi connectivity index (χ2n) is 2.47. The van der Waals surface area contributed by atoms with Crippen molar-refractivity contribution in [3.63, 3.8) is 0 Å². The minimum atomic E-state index is -0.199. The van der Waals surface area contributed by atoms with E-state index in [9.17, 15) is 0 Å². The van der Waals surface area contributed by atoms with E-state index in [4.69, 9.17) is 5.11 Å². The molecule has 0 spiro atoms. The number of rotatable bonds is 2. The fourth-order valence-electron chi connectivity index (χ4n) is 1.14. The third kappa shape index (κ3) is 1.68.